The van der Waals surface area contributed by atoms with Crippen molar-refractivity contribution in [3.63, 3.8) is 0 Å². The number of nitrogens with one attached hydrogen (secondary N) is 1. The average Bonchev–Trinajstić information content (AvgIpc) is 2.41. The molecular formula is C15H22Cl2N2. The molecule has 1 N–H and O–H groups in total. The lowest BCUT2D eigenvalue weighted by atomic mass is 10.0. The molecular weight excluding hydrogens is 279 g/mol. The molecule has 2 nitrogen and oxygen atoms in total. The zero-order valence-corrected chi connectivity index (χ0v) is 13.2. The van der Waals surface area contributed by atoms with Crippen LogP contribution in [0, 0.1) is 6.92 Å². The molecule has 1 aromatic rings. The van der Waals surface area contributed by atoms with Gasteiger partial charge in [0.15, 0.2) is 0 Å². The third kappa shape index (κ3) is 3.77. The first kappa shape index (κ1) is 15.0. The Morgan fingerprint density at radius 3 is 2.53 bits per heavy atom. The molecule has 1 aliphatic heterocycles. The first-order chi connectivity index (χ1) is 9.11. The van der Waals surface area contributed by atoms with Gasteiger partial charge in [-0.2, -0.15) is 0 Å². The molecule has 0 unspecified atom stereocenters. The van der Waals surface area contributed by atoms with E-state index < -0.39 is 0 Å². The number of halogens is 2. The first-order valence-electron chi connectivity index (χ1n) is 7.05. The topological polar surface area (TPSA) is 15.3 Å². The molecule has 19 heavy (non-hydrogen) atoms. The maximum absolute atomic E-state index is 6.34. The molecule has 1 heterocycles. The summed E-state index contributed by atoms with van der Waals surface area (Å²) in [5.41, 5.74) is 2.11. The minimum Gasteiger partial charge on any atom is -0.370 e. The lowest BCUT2D eigenvalue weighted by molar-refractivity contribution is 0.416. The number of aryl methyl sites for hydroxylation is 1. The van der Waals surface area contributed by atoms with Crippen molar-refractivity contribution in [1.29, 1.82) is 0 Å². The highest BCUT2D eigenvalue weighted by Crippen LogP contribution is 2.33. The highest BCUT2D eigenvalue weighted by molar-refractivity contribution is 6.35. The minimum atomic E-state index is 0.649. The van der Waals surface area contributed by atoms with Gasteiger partial charge in [-0.3, -0.25) is 0 Å². The van der Waals surface area contributed by atoms with E-state index in [0.717, 1.165) is 40.9 Å². The maximum atomic E-state index is 6.34. The van der Waals surface area contributed by atoms with Crippen LogP contribution in [0.25, 0.3) is 0 Å². The molecule has 2 rings (SSSR count). The van der Waals surface area contributed by atoms with E-state index in [1.54, 1.807) is 0 Å². The normalized spacial score (nSPS) is 16.9. The molecule has 0 amide bonds. The summed E-state index contributed by atoms with van der Waals surface area (Å²) in [5, 5.41) is 5.20. The van der Waals surface area contributed by atoms with E-state index in [0.29, 0.717) is 6.04 Å². The molecule has 0 aliphatic carbocycles. The Hall–Kier alpha value is -0.440. The number of nitrogens with zero attached hydrogens (tertiary/aromatic N) is 1. The second-order valence-corrected chi connectivity index (χ2v) is 6.08. The molecule has 0 spiro atoms. The summed E-state index contributed by atoms with van der Waals surface area (Å²) in [4.78, 5) is 2.35. The van der Waals surface area contributed by atoms with Crippen LogP contribution in [-0.2, 0) is 0 Å². The molecule has 0 saturated carbocycles. The van der Waals surface area contributed by atoms with Crippen LogP contribution >= 0.6 is 23.2 Å². The fourth-order valence-corrected chi connectivity index (χ4v) is 3.05. The van der Waals surface area contributed by atoms with Crippen LogP contribution in [0.1, 0.15) is 31.7 Å². The van der Waals surface area contributed by atoms with E-state index in [9.17, 15) is 0 Å². The second-order valence-electron chi connectivity index (χ2n) is 5.27. The number of rotatable bonds is 4. The van der Waals surface area contributed by atoms with Gasteiger partial charge in [-0.15, -0.1) is 0 Å². The molecule has 1 aromatic carbocycles. The maximum Gasteiger partial charge on any atom is 0.0643 e. The van der Waals surface area contributed by atoms with Gasteiger partial charge >= 0.3 is 0 Å². The van der Waals surface area contributed by atoms with Gasteiger partial charge in [0, 0.05) is 24.2 Å². The van der Waals surface area contributed by atoms with Crippen LogP contribution in [-0.4, -0.2) is 25.7 Å². The fourth-order valence-electron chi connectivity index (χ4n) is 2.55. The lowest BCUT2D eigenvalue weighted by Gasteiger charge is -2.34. The molecule has 106 valence electrons. The largest absolute Gasteiger partial charge is 0.370 e. The summed E-state index contributed by atoms with van der Waals surface area (Å²) in [7, 11) is 0. The summed E-state index contributed by atoms with van der Waals surface area (Å²) in [6.45, 7) is 7.39. The van der Waals surface area contributed by atoms with Crippen LogP contribution in [0.4, 0.5) is 5.69 Å². The standard InChI is InChI=1S/C15H22Cl2N2/c1-3-6-18-12-4-7-19(8-5-12)15-10-13(16)11(2)9-14(15)17/h9-10,12,18H,3-8H2,1-2H3. The van der Waals surface area contributed by atoms with Crippen LogP contribution in [0.2, 0.25) is 10.0 Å². The Morgan fingerprint density at radius 1 is 1.21 bits per heavy atom. The van der Waals surface area contributed by atoms with Gasteiger partial charge in [-0.05, 0) is 50.4 Å². The zero-order chi connectivity index (χ0) is 13.8. The van der Waals surface area contributed by atoms with E-state index in [4.69, 9.17) is 23.2 Å². The van der Waals surface area contributed by atoms with Crippen molar-refractivity contribution < 1.29 is 0 Å². The van der Waals surface area contributed by atoms with Crippen molar-refractivity contribution >= 4 is 28.9 Å². The van der Waals surface area contributed by atoms with Crippen LogP contribution in [0.15, 0.2) is 12.1 Å². The number of hydrogen-bond acceptors (Lipinski definition) is 2. The quantitative estimate of drug-likeness (QED) is 0.893. The molecule has 4 heteroatoms. The van der Waals surface area contributed by atoms with Crippen molar-refractivity contribution in [3.8, 4) is 0 Å². The molecule has 0 bridgehead atoms. The van der Waals surface area contributed by atoms with Gasteiger partial charge in [0.2, 0.25) is 0 Å². The van der Waals surface area contributed by atoms with Gasteiger partial charge in [-0.25, -0.2) is 0 Å². The van der Waals surface area contributed by atoms with E-state index in [1.165, 1.54) is 19.3 Å². The van der Waals surface area contributed by atoms with Crippen molar-refractivity contribution in [2.24, 2.45) is 0 Å². The predicted molar refractivity (Wildman–Crippen MR) is 84.7 cm³/mol. The summed E-state index contributed by atoms with van der Waals surface area (Å²) < 4.78 is 0. The molecule has 0 radical (unpaired) electrons. The van der Waals surface area contributed by atoms with Crippen molar-refractivity contribution in [3.05, 3.63) is 27.7 Å². The Kier molecular flexibility index (Phi) is 5.37. The van der Waals surface area contributed by atoms with Gasteiger partial charge in [0.1, 0.15) is 0 Å². The average molecular weight is 301 g/mol. The monoisotopic (exact) mass is 300 g/mol. The first-order valence-corrected chi connectivity index (χ1v) is 7.81. The second kappa shape index (κ2) is 6.83. The van der Waals surface area contributed by atoms with E-state index in [-0.39, 0.29) is 0 Å². The summed E-state index contributed by atoms with van der Waals surface area (Å²) >= 11 is 12.5. The SMILES string of the molecule is CCCNC1CCN(c2cc(Cl)c(C)cc2Cl)CC1. The zero-order valence-electron chi connectivity index (χ0n) is 11.7. The molecule has 1 fully saturated rings. The minimum absolute atomic E-state index is 0.649. The summed E-state index contributed by atoms with van der Waals surface area (Å²) in [5.74, 6) is 0. The molecule has 1 aliphatic rings. The Balaban J connectivity index is 1.99. The van der Waals surface area contributed by atoms with Crippen LogP contribution < -0.4 is 10.2 Å². The third-order valence-electron chi connectivity index (χ3n) is 3.75. The smallest absolute Gasteiger partial charge is 0.0643 e. The molecule has 0 aromatic heterocycles. The Bertz CT molecular complexity index is 426. The van der Waals surface area contributed by atoms with Crippen LogP contribution in [0.3, 0.4) is 0 Å². The highest BCUT2D eigenvalue weighted by atomic mass is 35.5. The third-order valence-corrected chi connectivity index (χ3v) is 4.46. The van der Waals surface area contributed by atoms with E-state index in [1.807, 2.05) is 19.1 Å². The van der Waals surface area contributed by atoms with Gasteiger partial charge in [-0.1, -0.05) is 30.1 Å². The lowest BCUT2D eigenvalue weighted by Crippen LogP contribution is -2.42. The molecule has 1 saturated heterocycles. The number of benzene rings is 1. The molecule has 0 atom stereocenters. The van der Waals surface area contributed by atoms with Crippen molar-refractivity contribution in [2.75, 3.05) is 24.5 Å². The summed E-state index contributed by atoms with van der Waals surface area (Å²) in [6.07, 6.45) is 3.53. The van der Waals surface area contributed by atoms with E-state index in [2.05, 4.69) is 17.1 Å². The van der Waals surface area contributed by atoms with Crippen LogP contribution in [0.5, 0.6) is 0 Å². The van der Waals surface area contributed by atoms with E-state index >= 15 is 0 Å². The fraction of sp³-hybridized carbons (Fsp3) is 0.600. The highest BCUT2D eigenvalue weighted by Gasteiger charge is 2.20. The van der Waals surface area contributed by atoms with Gasteiger partial charge in [0.05, 0.1) is 10.7 Å². The Morgan fingerprint density at radius 2 is 1.89 bits per heavy atom. The number of anilines is 1. The van der Waals surface area contributed by atoms with Gasteiger partial charge in [0.25, 0.3) is 0 Å². The van der Waals surface area contributed by atoms with Crippen molar-refractivity contribution in [2.45, 2.75) is 39.2 Å². The number of hydrogen-bond donors (Lipinski definition) is 1. The summed E-state index contributed by atoms with van der Waals surface area (Å²) in [6, 6.07) is 4.61. The number of piperidine rings is 1. The predicted octanol–water partition coefficient (Wildman–Crippen LogP) is 4.27. The Labute approximate surface area is 126 Å². The van der Waals surface area contributed by atoms with Gasteiger partial charge < -0.3 is 10.2 Å². The van der Waals surface area contributed by atoms with Crippen molar-refractivity contribution in [1.82, 2.24) is 5.32 Å².